The lowest BCUT2D eigenvalue weighted by molar-refractivity contribution is 0.163. The number of hydrogen-bond donors (Lipinski definition) is 1. The van der Waals surface area contributed by atoms with E-state index in [1.165, 1.54) is 12.8 Å². The molecule has 1 aromatic rings. The maximum Gasteiger partial charge on any atom is 0.0790 e. The molecular weight excluding hydrogens is 322 g/mol. The van der Waals surface area contributed by atoms with E-state index in [0.29, 0.717) is 0 Å². The predicted molar refractivity (Wildman–Crippen MR) is 73.3 cm³/mol. The Morgan fingerprint density at radius 1 is 1.40 bits per heavy atom. The topological polar surface area (TPSA) is 20.2 Å². The van der Waals surface area contributed by atoms with E-state index >= 15 is 0 Å². The minimum Gasteiger partial charge on any atom is -0.388 e. The van der Waals surface area contributed by atoms with Crippen molar-refractivity contribution in [3.05, 3.63) is 32.4 Å². The second-order valence-electron chi connectivity index (χ2n) is 3.69. The van der Waals surface area contributed by atoms with E-state index in [0.717, 1.165) is 27.0 Å². The van der Waals surface area contributed by atoms with Crippen LogP contribution >= 0.6 is 34.2 Å². The number of unbranched alkanes of at least 4 members (excludes halogenated alkanes) is 2. The van der Waals surface area contributed by atoms with Crippen molar-refractivity contribution in [3.8, 4) is 0 Å². The van der Waals surface area contributed by atoms with Crippen molar-refractivity contribution in [1.29, 1.82) is 0 Å². The van der Waals surface area contributed by atoms with E-state index in [4.69, 9.17) is 11.6 Å². The molecule has 3 heteroatoms. The molecule has 1 unspecified atom stereocenters. The summed E-state index contributed by atoms with van der Waals surface area (Å²) < 4.78 is 1.03. The zero-order valence-corrected chi connectivity index (χ0v) is 11.8. The average Bonchev–Trinajstić information content (AvgIpc) is 2.22. The van der Waals surface area contributed by atoms with Crippen LogP contribution in [-0.2, 0) is 0 Å². The van der Waals surface area contributed by atoms with Crippen LogP contribution in [0.4, 0.5) is 0 Å². The Labute approximate surface area is 110 Å². The van der Waals surface area contributed by atoms with E-state index in [-0.39, 0.29) is 6.10 Å². The molecule has 0 saturated heterocycles. The van der Waals surface area contributed by atoms with Gasteiger partial charge in [0, 0.05) is 3.57 Å². The first-order chi connectivity index (χ1) is 7.15. The number of halogens is 2. The van der Waals surface area contributed by atoms with Gasteiger partial charge < -0.3 is 5.11 Å². The van der Waals surface area contributed by atoms with E-state index in [9.17, 15) is 5.11 Å². The highest BCUT2D eigenvalue weighted by atomic mass is 127. The molecule has 1 atom stereocenters. The minimum absolute atomic E-state index is 0.369. The molecule has 0 spiro atoms. The number of aliphatic hydroxyl groups excluding tert-OH is 1. The first-order valence-corrected chi connectivity index (χ1v) is 6.73. The van der Waals surface area contributed by atoms with E-state index in [2.05, 4.69) is 29.5 Å². The zero-order chi connectivity index (χ0) is 11.3. The summed E-state index contributed by atoms with van der Waals surface area (Å²) in [5, 5.41) is 10.6. The Morgan fingerprint density at radius 2 is 2.13 bits per heavy atom. The molecule has 15 heavy (non-hydrogen) atoms. The molecule has 84 valence electrons. The normalized spacial score (nSPS) is 12.8. The molecule has 1 nitrogen and oxygen atoms in total. The van der Waals surface area contributed by atoms with Gasteiger partial charge >= 0.3 is 0 Å². The van der Waals surface area contributed by atoms with Gasteiger partial charge in [-0.2, -0.15) is 0 Å². The lowest BCUT2D eigenvalue weighted by atomic mass is 10.0. The van der Waals surface area contributed by atoms with Gasteiger partial charge in [0.2, 0.25) is 0 Å². The average molecular weight is 339 g/mol. The Morgan fingerprint density at radius 3 is 2.73 bits per heavy atom. The third-order valence-corrected chi connectivity index (χ3v) is 3.98. The van der Waals surface area contributed by atoms with Crippen molar-refractivity contribution in [3.63, 3.8) is 0 Å². The summed E-state index contributed by atoms with van der Waals surface area (Å²) in [6, 6.07) is 5.76. The van der Waals surface area contributed by atoms with Crippen LogP contribution in [0.2, 0.25) is 5.02 Å². The summed E-state index contributed by atoms with van der Waals surface area (Å²) in [5.41, 5.74) is 0.927. The minimum atomic E-state index is -0.369. The second-order valence-corrected chi connectivity index (χ2v) is 5.25. The SMILES string of the molecule is CCCCCC(O)c1ccc(I)c(Cl)c1. The number of benzene rings is 1. The quantitative estimate of drug-likeness (QED) is 0.616. The fourth-order valence-corrected chi connectivity index (χ4v) is 2.00. The summed E-state index contributed by atoms with van der Waals surface area (Å²) in [5.74, 6) is 0. The molecule has 1 rings (SSSR count). The van der Waals surface area contributed by atoms with Crippen LogP contribution in [0.3, 0.4) is 0 Å². The molecule has 1 aromatic carbocycles. The number of aliphatic hydroxyl groups is 1. The first-order valence-electron chi connectivity index (χ1n) is 5.28. The third kappa shape index (κ3) is 4.29. The van der Waals surface area contributed by atoms with Crippen molar-refractivity contribution < 1.29 is 5.11 Å². The maximum absolute atomic E-state index is 9.90. The summed E-state index contributed by atoms with van der Waals surface area (Å²) in [4.78, 5) is 0. The molecule has 0 aliphatic rings. The third-order valence-electron chi connectivity index (χ3n) is 2.41. The molecule has 1 N–H and O–H groups in total. The van der Waals surface area contributed by atoms with Gasteiger partial charge in [0.15, 0.2) is 0 Å². The fourth-order valence-electron chi connectivity index (χ4n) is 1.47. The first kappa shape index (κ1) is 13.3. The lowest BCUT2D eigenvalue weighted by Gasteiger charge is -2.11. The molecule has 0 aliphatic carbocycles. The van der Waals surface area contributed by atoms with Crippen LogP contribution in [0.1, 0.15) is 44.3 Å². The van der Waals surface area contributed by atoms with Gasteiger partial charge in [0.25, 0.3) is 0 Å². The van der Waals surface area contributed by atoms with Crippen LogP contribution in [0.5, 0.6) is 0 Å². The second kappa shape index (κ2) is 6.71. The van der Waals surface area contributed by atoms with Crippen molar-refractivity contribution >= 4 is 34.2 Å². The lowest BCUT2D eigenvalue weighted by Crippen LogP contribution is -1.97. The summed E-state index contributed by atoms with van der Waals surface area (Å²) in [6.45, 7) is 2.16. The molecular formula is C12H16ClIO. The van der Waals surface area contributed by atoms with Gasteiger partial charge in [-0.15, -0.1) is 0 Å². The molecule has 0 heterocycles. The van der Waals surface area contributed by atoms with Crippen LogP contribution in [-0.4, -0.2) is 5.11 Å². The summed E-state index contributed by atoms with van der Waals surface area (Å²) in [6.07, 6.45) is 3.88. The summed E-state index contributed by atoms with van der Waals surface area (Å²) in [7, 11) is 0. The van der Waals surface area contributed by atoms with Gasteiger partial charge in [-0.3, -0.25) is 0 Å². The van der Waals surface area contributed by atoms with Crippen LogP contribution in [0.25, 0.3) is 0 Å². The Kier molecular flexibility index (Phi) is 5.94. The predicted octanol–water partition coefficient (Wildman–Crippen LogP) is 4.56. The van der Waals surface area contributed by atoms with Crippen molar-refractivity contribution in [2.75, 3.05) is 0 Å². The smallest absolute Gasteiger partial charge is 0.0790 e. The Balaban J connectivity index is 2.57. The van der Waals surface area contributed by atoms with E-state index in [1.54, 1.807) is 0 Å². The van der Waals surface area contributed by atoms with Crippen molar-refractivity contribution in [2.24, 2.45) is 0 Å². The maximum atomic E-state index is 9.90. The molecule has 0 amide bonds. The molecule has 0 saturated carbocycles. The van der Waals surface area contributed by atoms with Crippen LogP contribution in [0, 0.1) is 3.57 Å². The highest BCUT2D eigenvalue weighted by molar-refractivity contribution is 14.1. The molecule has 0 aromatic heterocycles. The van der Waals surface area contributed by atoms with Gasteiger partial charge in [-0.25, -0.2) is 0 Å². The Bertz CT molecular complexity index is 314. The van der Waals surface area contributed by atoms with Gasteiger partial charge in [-0.05, 0) is 46.7 Å². The highest BCUT2D eigenvalue weighted by Gasteiger charge is 2.08. The van der Waals surface area contributed by atoms with Crippen LogP contribution < -0.4 is 0 Å². The molecule has 0 radical (unpaired) electrons. The highest BCUT2D eigenvalue weighted by Crippen LogP contribution is 2.25. The Hall–Kier alpha value is 0.200. The number of rotatable bonds is 5. The molecule has 0 fully saturated rings. The molecule has 0 bridgehead atoms. The van der Waals surface area contributed by atoms with Gasteiger partial charge in [-0.1, -0.05) is 43.9 Å². The van der Waals surface area contributed by atoms with E-state index < -0.39 is 0 Å². The van der Waals surface area contributed by atoms with E-state index in [1.807, 2.05) is 18.2 Å². The fraction of sp³-hybridized carbons (Fsp3) is 0.500. The van der Waals surface area contributed by atoms with Crippen molar-refractivity contribution in [2.45, 2.75) is 38.7 Å². The number of hydrogen-bond acceptors (Lipinski definition) is 1. The monoisotopic (exact) mass is 338 g/mol. The standard InChI is InChI=1S/C12H16ClIO/c1-2-3-4-5-12(15)9-6-7-11(14)10(13)8-9/h6-8,12,15H,2-5H2,1H3. The summed E-state index contributed by atoms with van der Waals surface area (Å²) >= 11 is 8.19. The van der Waals surface area contributed by atoms with Crippen molar-refractivity contribution in [1.82, 2.24) is 0 Å². The van der Waals surface area contributed by atoms with Crippen LogP contribution in [0.15, 0.2) is 18.2 Å². The van der Waals surface area contributed by atoms with Gasteiger partial charge in [0.1, 0.15) is 0 Å². The molecule has 0 aliphatic heterocycles. The zero-order valence-electron chi connectivity index (χ0n) is 8.84. The van der Waals surface area contributed by atoms with Gasteiger partial charge in [0.05, 0.1) is 11.1 Å². The largest absolute Gasteiger partial charge is 0.388 e.